The first kappa shape index (κ1) is 9.17. The van der Waals surface area contributed by atoms with Crippen molar-refractivity contribution < 1.29 is 4.79 Å². The molecule has 1 nitrogen and oxygen atoms in total. The Labute approximate surface area is 98.4 Å². The predicted octanol–water partition coefficient (Wildman–Crippen LogP) is 2.92. The normalized spacial score (nSPS) is 47.3. The third-order valence-corrected chi connectivity index (χ3v) is 7.20. The van der Waals surface area contributed by atoms with Crippen molar-refractivity contribution in [3.8, 4) is 0 Å². The van der Waals surface area contributed by atoms with E-state index in [1.54, 1.807) is 9.81 Å². The highest BCUT2D eigenvalue weighted by Crippen LogP contribution is 2.66. The summed E-state index contributed by atoms with van der Waals surface area (Å²) in [5, 5.41) is 0. The highest BCUT2D eigenvalue weighted by Gasteiger charge is 2.63. The monoisotopic (exact) mass is 238 g/mol. The summed E-state index contributed by atoms with van der Waals surface area (Å²) in [5.41, 5.74) is 1.72. The van der Waals surface area contributed by atoms with E-state index in [2.05, 4.69) is 23.5 Å². The first-order valence-corrected chi connectivity index (χ1v) is 7.87. The largest absolute Gasteiger partial charge is 0.299 e. The lowest BCUT2D eigenvalue weighted by Crippen LogP contribution is -2.15. The molecule has 4 atom stereocenters. The van der Waals surface area contributed by atoms with Crippen LogP contribution in [-0.4, -0.2) is 17.3 Å². The standard InChI is InChI=1S/C12H14OS2/c13-11-8-4-6-9(11)5-7(8)10(6)12-14-2-1-3-15-12/h6-9H,1-5H2/t6-,7-,8-,9-/m1/s1. The lowest BCUT2D eigenvalue weighted by atomic mass is 9.95. The van der Waals surface area contributed by atoms with Crippen LogP contribution in [0.3, 0.4) is 0 Å². The molecule has 15 heavy (non-hydrogen) atoms. The van der Waals surface area contributed by atoms with Gasteiger partial charge in [0, 0.05) is 16.1 Å². The Balaban J connectivity index is 1.74. The zero-order chi connectivity index (χ0) is 9.99. The third kappa shape index (κ3) is 1.06. The number of rotatable bonds is 0. The summed E-state index contributed by atoms with van der Waals surface area (Å²) in [7, 11) is 0. The van der Waals surface area contributed by atoms with Crippen molar-refractivity contribution in [1.82, 2.24) is 0 Å². The summed E-state index contributed by atoms with van der Waals surface area (Å²) in [6.07, 6.45) is 3.76. The Hall–Kier alpha value is 0.110. The molecule has 0 N–H and O–H groups in total. The molecule has 0 spiro atoms. The van der Waals surface area contributed by atoms with Gasteiger partial charge in [-0.15, -0.1) is 23.5 Å². The van der Waals surface area contributed by atoms with E-state index in [-0.39, 0.29) is 0 Å². The number of ketones is 1. The second-order valence-corrected chi connectivity index (χ2v) is 7.56. The second kappa shape index (κ2) is 3.07. The molecule has 0 aromatic rings. The van der Waals surface area contributed by atoms with Crippen molar-refractivity contribution in [2.24, 2.45) is 23.7 Å². The first-order chi connectivity index (χ1) is 7.36. The highest BCUT2D eigenvalue weighted by atomic mass is 32.2. The molecule has 0 aromatic heterocycles. The number of carbonyl (C=O) groups excluding carboxylic acids is 1. The number of hydrogen-bond donors (Lipinski definition) is 0. The van der Waals surface area contributed by atoms with Crippen LogP contribution < -0.4 is 0 Å². The van der Waals surface area contributed by atoms with E-state index < -0.39 is 0 Å². The second-order valence-electron chi connectivity index (χ2n) is 5.09. The molecule has 0 amide bonds. The predicted molar refractivity (Wildman–Crippen MR) is 64.8 cm³/mol. The van der Waals surface area contributed by atoms with Gasteiger partial charge in [-0.05, 0) is 48.2 Å². The van der Waals surface area contributed by atoms with E-state index in [0.29, 0.717) is 29.5 Å². The SMILES string of the molecule is O=C1[C@@H]2C[C@H]3C(=C4SCCCS4)[C@@H]2C[C@@H]13. The van der Waals surface area contributed by atoms with Crippen molar-refractivity contribution in [3.05, 3.63) is 9.81 Å². The minimum absolute atomic E-state index is 0.450. The maximum absolute atomic E-state index is 11.8. The quantitative estimate of drug-likeness (QED) is 0.646. The van der Waals surface area contributed by atoms with Crippen LogP contribution in [0.1, 0.15) is 19.3 Å². The van der Waals surface area contributed by atoms with Gasteiger partial charge < -0.3 is 0 Å². The van der Waals surface area contributed by atoms with Crippen LogP contribution in [0, 0.1) is 23.7 Å². The zero-order valence-corrected chi connectivity index (χ0v) is 10.2. The molecule has 4 aliphatic carbocycles. The Morgan fingerprint density at radius 3 is 2.07 bits per heavy atom. The van der Waals surface area contributed by atoms with E-state index in [9.17, 15) is 4.79 Å². The van der Waals surface area contributed by atoms with E-state index in [4.69, 9.17) is 0 Å². The van der Waals surface area contributed by atoms with Crippen molar-refractivity contribution in [1.29, 1.82) is 0 Å². The smallest absolute Gasteiger partial charge is 0.140 e. The number of Topliss-reactive ketones (excluding diaryl/α,β-unsaturated/α-hetero) is 1. The molecule has 5 aliphatic rings. The molecule has 1 saturated heterocycles. The van der Waals surface area contributed by atoms with Crippen LogP contribution in [0.15, 0.2) is 9.81 Å². The Bertz CT molecular complexity index is 344. The van der Waals surface area contributed by atoms with Gasteiger partial charge in [-0.1, -0.05) is 0 Å². The molecule has 0 aromatic carbocycles. The fraction of sp³-hybridized carbons (Fsp3) is 0.750. The molecule has 3 heteroatoms. The van der Waals surface area contributed by atoms with Crippen LogP contribution >= 0.6 is 23.5 Å². The van der Waals surface area contributed by atoms with Gasteiger partial charge in [-0.25, -0.2) is 0 Å². The first-order valence-electron chi connectivity index (χ1n) is 5.89. The summed E-state index contributed by atoms with van der Waals surface area (Å²) in [5.74, 6) is 5.47. The number of thioether (sulfide) groups is 2. The number of hydrogen-bond acceptors (Lipinski definition) is 3. The molecular weight excluding hydrogens is 224 g/mol. The lowest BCUT2D eigenvalue weighted by molar-refractivity contribution is -0.122. The molecule has 4 bridgehead atoms. The van der Waals surface area contributed by atoms with Gasteiger partial charge in [0.25, 0.3) is 0 Å². The highest BCUT2D eigenvalue weighted by molar-refractivity contribution is 8.22. The molecule has 0 radical (unpaired) electrons. The molecule has 1 heterocycles. The van der Waals surface area contributed by atoms with Crippen molar-refractivity contribution in [3.63, 3.8) is 0 Å². The molecule has 80 valence electrons. The van der Waals surface area contributed by atoms with Gasteiger partial charge in [-0.2, -0.15) is 0 Å². The van der Waals surface area contributed by atoms with Crippen LogP contribution in [-0.2, 0) is 4.79 Å². The van der Waals surface area contributed by atoms with Crippen LogP contribution in [0.25, 0.3) is 0 Å². The summed E-state index contributed by atoms with van der Waals surface area (Å²) < 4.78 is 1.62. The molecule has 5 fully saturated rings. The van der Waals surface area contributed by atoms with Crippen LogP contribution in [0.4, 0.5) is 0 Å². The van der Waals surface area contributed by atoms with Crippen molar-refractivity contribution in [2.75, 3.05) is 11.5 Å². The maximum atomic E-state index is 11.8. The van der Waals surface area contributed by atoms with E-state index >= 15 is 0 Å². The van der Waals surface area contributed by atoms with E-state index in [0.717, 1.165) is 0 Å². The van der Waals surface area contributed by atoms with Crippen LogP contribution in [0.5, 0.6) is 0 Å². The number of allylic oxidation sites excluding steroid dienone is 1. The lowest BCUT2D eigenvalue weighted by Gasteiger charge is -2.20. The Kier molecular flexibility index (Phi) is 1.88. The van der Waals surface area contributed by atoms with Crippen molar-refractivity contribution >= 4 is 29.3 Å². The number of carbonyl (C=O) groups is 1. The van der Waals surface area contributed by atoms with Gasteiger partial charge in [0.15, 0.2) is 0 Å². The van der Waals surface area contributed by atoms with Gasteiger partial charge in [0.2, 0.25) is 0 Å². The summed E-state index contributed by atoms with van der Waals surface area (Å²) in [6, 6.07) is 0. The summed E-state index contributed by atoms with van der Waals surface area (Å²) >= 11 is 4.13. The maximum Gasteiger partial charge on any atom is 0.140 e. The van der Waals surface area contributed by atoms with Gasteiger partial charge in [-0.3, -0.25) is 4.79 Å². The zero-order valence-electron chi connectivity index (χ0n) is 8.57. The molecule has 1 aliphatic heterocycles. The molecular formula is C12H14OS2. The van der Waals surface area contributed by atoms with E-state index in [1.165, 1.54) is 30.8 Å². The van der Waals surface area contributed by atoms with Crippen LogP contribution in [0.2, 0.25) is 0 Å². The van der Waals surface area contributed by atoms with Crippen molar-refractivity contribution in [2.45, 2.75) is 19.3 Å². The minimum atomic E-state index is 0.450. The molecule has 5 rings (SSSR count). The Morgan fingerprint density at radius 2 is 1.53 bits per heavy atom. The van der Waals surface area contributed by atoms with Gasteiger partial charge in [0.1, 0.15) is 5.78 Å². The molecule has 4 saturated carbocycles. The summed E-state index contributed by atoms with van der Waals surface area (Å²) in [6.45, 7) is 0. The summed E-state index contributed by atoms with van der Waals surface area (Å²) in [4.78, 5) is 11.8. The fourth-order valence-electron chi connectivity index (χ4n) is 3.97. The Morgan fingerprint density at radius 1 is 0.933 bits per heavy atom. The third-order valence-electron chi connectivity index (χ3n) is 4.51. The topological polar surface area (TPSA) is 17.1 Å². The van der Waals surface area contributed by atoms with Gasteiger partial charge in [0.05, 0.1) is 0 Å². The molecule has 0 unspecified atom stereocenters. The average Bonchev–Trinajstić information content (AvgIpc) is 2.97. The van der Waals surface area contributed by atoms with Gasteiger partial charge >= 0.3 is 0 Å². The fourth-order valence-corrected chi connectivity index (χ4v) is 6.87. The minimum Gasteiger partial charge on any atom is -0.299 e. The van der Waals surface area contributed by atoms with E-state index in [1.807, 2.05) is 0 Å². The average molecular weight is 238 g/mol.